The van der Waals surface area contributed by atoms with Crippen molar-refractivity contribution in [2.75, 3.05) is 5.32 Å². The van der Waals surface area contributed by atoms with Crippen molar-refractivity contribution in [2.45, 2.75) is 47.0 Å². The Morgan fingerprint density at radius 1 is 1.15 bits per heavy atom. The molecule has 0 fully saturated rings. The number of benzene rings is 1. The van der Waals surface area contributed by atoms with Crippen LogP contribution in [0.25, 0.3) is 0 Å². The number of amides is 1. The van der Waals surface area contributed by atoms with Gasteiger partial charge in [-0.3, -0.25) is 9.59 Å². The molecule has 0 heterocycles. The second kappa shape index (κ2) is 6.55. The Bertz CT molecular complexity index is 504. The van der Waals surface area contributed by atoms with Crippen molar-refractivity contribution in [3.05, 3.63) is 29.3 Å². The zero-order chi connectivity index (χ0) is 15.3. The van der Waals surface area contributed by atoms with Crippen LogP contribution in [0.2, 0.25) is 0 Å². The Hall–Kier alpha value is -1.84. The van der Waals surface area contributed by atoms with Crippen molar-refractivity contribution in [2.24, 2.45) is 5.41 Å². The number of anilines is 1. The number of carbonyl (C=O) groups excluding carboxylic acids is 1. The Morgan fingerprint density at radius 2 is 1.75 bits per heavy atom. The molecule has 0 saturated heterocycles. The van der Waals surface area contributed by atoms with E-state index in [4.69, 9.17) is 0 Å². The lowest BCUT2D eigenvalue weighted by Crippen LogP contribution is -2.34. The molecule has 1 aromatic rings. The number of aryl methyl sites for hydroxylation is 2. The predicted octanol–water partition coefficient (Wildman–Crippen LogP) is 3.52. The van der Waals surface area contributed by atoms with E-state index in [1.54, 1.807) is 13.8 Å². The van der Waals surface area contributed by atoms with Crippen LogP contribution in [0.3, 0.4) is 0 Å². The predicted molar refractivity (Wildman–Crippen MR) is 79.8 cm³/mol. The van der Waals surface area contributed by atoms with Gasteiger partial charge in [0.2, 0.25) is 5.91 Å². The van der Waals surface area contributed by atoms with Gasteiger partial charge in [0.25, 0.3) is 0 Å². The standard InChI is InChI=1S/C16H23NO3/c1-5-16(6-2,15(19)20)10-14(18)17-13-8-7-11(3)12(4)9-13/h7-9H,5-6,10H2,1-4H3,(H,17,18)(H,19,20). The van der Waals surface area contributed by atoms with Crippen LogP contribution in [0.4, 0.5) is 5.69 Å². The molecule has 1 amide bonds. The maximum atomic E-state index is 12.1. The van der Waals surface area contributed by atoms with Gasteiger partial charge in [-0.2, -0.15) is 0 Å². The molecule has 1 rings (SSSR count). The van der Waals surface area contributed by atoms with E-state index >= 15 is 0 Å². The maximum absolute atomic E-state index is 12.1. The second-order valence-electron chi connectivity index (χ2n) is 5.32. The lowest BCUT2D eigenvalue weighted by molar-refractivity contribution is -0.151. The third kappa shape index (κ3) is 3.59. The fourth-order valence-electron chi connectivity index (χ4n) is 2.21. The molecule has 0 aliphatic rings. The SMILES string of the molecule is CCC(CC)(CC(=O)Nc1ccc(C)c(C)c1)C(=O)O. The molecule has 4 heteroatoms. The number of carboxylic acids is 1. The van der Waals surface area contributed by atoms with Gasteiger partial charge in [0.05, 0.1) is 5.41 Å². The summed E-state index contributed by atoms with van der Waals surface area (Å²) in [4.78, 5) is 23.5. The van der Waals surface area contributed by atoms with E-state index in [9.17, 15) is 14.7 Å². The molecular formula is C16H23NO3. The normalized spacial score (nSPS) is 11.2. The first-order valence-corrected chi connectivity index (χ1v) is 6.95. The second-order valence-corrected chi connectivity index (χ2v) is 5.32. The van der Waals surface area contributed by atoms with Gasteiger partial charge in [-0.25, -0.2) is 0 Å². The van der Waals surface area contributed by atoms with E-state index in [1.165, 1.54) is 0 Å². The summed E-state index contributed by atoms with van der Waals surface area (Å²) in [5.41, 5.74) is 2.00. The van der Waals surface area contributed by atoms with Crippen LogP contribution in [-0.2, 0) is 9.59 Å². The Morgan fingerprint density at radius 3 is 2.20 bits per heavy atom. The van der Waals surface area contributed by atoms with Crippen molar-refractivity contribution in [3.63, 3.8) is 0 Å². The molecule has 0 spiro atoms. The van der Waals surface area contributed by atoms with Crippen LogP contribution >= 0.6 is 0 Å². The van der Waals surface area contributed by atoms with Crippen molar-refractivity contribution >= 4 is 17.6 Å². The Balaban J connectivity index is 2.80. The highest BCUT2D eigenvalue weighted by atomic mass is 16.4. The minimum absolute atomic E-state index is 0.00224. The average molecular weight is 277 g/mol. The number of hydrogen-bond acceptors (Lipinski definition) is 2. The quantitative estimate of drug-likeness (QED) is 0.836. The fraction of sp³-hybridized carbons (Fsp3) is 0.500. The topological polar surface area (TPSA) is 66.4 Å². The van der Waals surface area contributed by atoms with Gasteiger partial charge in [-0.1, -0.05) is 19.9 Å². The highest BCUT2D eigenvalue weighted by molar-refractivity contribution is 5.94. The maximum Gasteiger partial charge on any atom is 0.310 e. The number of rotatable bonds is 6. The molecule has 0 bridgehead atoms. The fourth-order valence-corrected chi connectivity index (χ4v) is 2.21. The lowest BCUT2D eigenvalue weighted by Gasteiger charge is -2.25. The van der Waals surface area contributed by atoms with Crippen LogP contribution < -0.4 is 5.32 Å². The average Bonchev–Trinajstić information content (AvgIpc) is 2.40. The van der Waals surface area contributed by atoms with E-state index in [2.05, 4.69) is 5.32 Å². The first kappa shape index (κ1) is 16.2. The molecule has 0 saturated carbocycles. The zero-order valence-corrected chi connectivity index (χ0v) is 12.6. The zero-order valence-electron chi connectivity index (χ0n) is 12.6. The summed E-state index contributed by atoms with van der Waals surface area (Å²) in [5.74, 6) is -1.16. The monoisotopic (exact) mass is 277 g/mol. The highest BCUT2D eigenvalue weighted by Crippen LogP contribution is 2.31. The van der Waals surface area contributed by atoms with Crippen molar-refractivity contribution in [3.8, 4) is 0 Å². The van der Waals surface area contributed by atoms with Gasteiger partial charge in [0.1, 0.15) is 0 Å². The van der Waals surface area contributed by atoms with Gasteiger partial charge in [-0.05, 0) is 49.9 Å². The molecule has 2 N–H and O–H groups in total. The molecule has 110 valence electrons. The molecular weight excluding hydrogens is 254 g/mol. The van der Waals surface area contributed by atoms with E-state index in [0.29, 0.717) is 18.5 Å². The largest absolute Gasteiger partial charge is 0.481 e. The van der Waals surface area contributed by atoms with Gasteiger partial charge in [0.15, 0.2) is 0 Å². The number of nitrogens with one attached hydrogen (secondary N) is 1. The summed E-state index contributed by atoms with van der Waals surface area (Å²) in [6.45, 7) is 7.59. The van der Waals surface area contributed by atoms with Gasteiger partial charge >= 0.3 is 5.97 Å². The molecule has 0 aliphatic carbocycles. The van der Waals surface area contributed by atoms with E-state index in [-0.39, 0.29) is 12.3 Å². The van der Waals surface area contributed by atoms with E-state index in [0.717, 1.165) is 11.1 Å². The molecule has 0 atom stereocenters. The minimum atomic E-state index is -0.968. The summed E-state index contributed by atoms with van der Waals surface area (Å²) < 4.78 is 0. The summed E-state index contributed by atoms with van der Waals surface area (Å²) in [5, 5.41) is 12.1. The van der Waals surface area contributed by atoms with Crippen molar-refractivity contribution < 1.29 is 14.7 Å². The Kier molecular flexibility index (Phi) is 5.31. The third-order valence-corrected chi connectivity index (χ3v) is 4.10. The van der Waals surface area contributed by atoms with Gasteiger partial charge in [-0.15, -0.1) is 0 Å². The van der Waals surface area contributed by atoms with Crippen LogP contribution in [0, 0.1) is 19.3 Å². The van der Waals surface area contributed by atoms with Gasteiger partial charge < -0.3 is 10.4 Å². The summed E-state index contributed by atoms with van der Waals surface area (Å²) in [6.07, 6.45) is 0.889. The van der Waals surface area contributed by atoms with Gasteiger partial charge in [0, 0.05) is 12.1 Å². The Labute approximate surface area is 120 Å². The van der Waals surface area contributed by atoms with Crippen LogP contribution in [-0.4, -0.2) is 17.0 Å². The minimum Gasteiger partial charge on any atom is -0.481 e. The number of hydrogen-bond donors (Lipinski definition) is 2. The van der Waals surface area contributed by atoms with Crippen LogP contribution in [0.1, 0.15) is 44.2 Å². The molecule has 1 aromatic carbocycles. The number of carbonyl (C=O) groups is 2. The smallest absolute Gasteiger partial charge is 0.310 e. The summed E-state index contributed by atoms with van der Waals surface area (Å²) >= 11 is 0. The lowest BCUT2D eigenvalue weighted by atomic mass is 9.79. The molecule has 20 heavy (non-hydrogen) atoms. The summed E-state index contributed by atoms with van der Waals surface area (Å²) in [7, 11) is 0. The molecule has 0 aliphatic heterocycles. The molecule has 0 unspecified atom stereocenters. The first-order valence-electron chi connectivity index (χ1n) is 6.95. The van der Waals surface area contributed by atoms with Crippen molar-refractivity contribution in [1.29, 1.82) is 0 Å². The number of carboxylic acid groups (broad SMARTS) is 1. The molecule has 4 nitrogen and oxygen atoms in total. The van der Waals surface area contributed by atoms with Crippen molar-refractivity contribution in [1.82, 2.24) is 0 Å². The molecule has 0 aromatic heterocycles. The van der Waals surface area contributed by atoms with Crippen LogP contribution in [0.5, 0.6) is 0 Å². The van der Waals surface area contributed by atoms with E-state index in [1.807, 2.05) is 32.0 Å². The first-order chi connectivity index (χ1) is 9.34. The summed E-state index contributed by atoms with van der Waals surface area (Å²) in [6, 6.07) is 5.67. The molecule has 0 radical (unpaired) electrons. The van der Waals surface area contributed by atoms with E-state index < -0.39 is 11.4 Å². The van der Waals surface area contributed by atoms with Crippen LogP contribution in [0.15, 0.2) is 18.2 Å². The number of aliphatic carboxylic acids is 1. The highest BCUT2D eigenvalue weighted by Gasteiger charge is 2.37. The third-order valence-electron chi connectivity index (χ3n) is 4.10.